The van der Waals surface area contributed by atoms with Gasteiger partial charge >= 0.3 is 0 Å². The summed E-state index contributed by atoms with van der Waals surface area (Å²) in [4.78, 5) is 10.2. The molecule has 0 aliphatic heterocycles. The minimum Gasteiger partial charge on any atom is -0.497 e. The minimum absolute atomic E-state index is 0.707. The van der Waals surface area contributed by atoms with Gasteiger partial charge in [0.05, 0.1) is 12.5 Å². The van der Waals surface area contributed by atoms with Gasteiger partial charge in [-0.25, -0.2) is 9.97 Å². The second-order valence-electron chi connectivity index (χ2n) is 4.02. The smallest absolute Gasteiger partial charge is 0.163 e. The van der Waals surface area contributed by atoms with E-state index in [0.717, 1.165) is 27.3 Å². The second-order valence-corrected chi connectivity index (χ2v) is 4.91. The van der Waals surface area contributed by atoms with Crippen LogP contribution in [0.4, 0.5) is 5.82 Å². The minimum atomic E-state index is 0.707. The molecule has 4 nitrogen and oxygen atoms in total. The van der Waals surface area contributed by atoms with Crippen LogP contribution in [0.3, 0.4) is 0 Å². The number of hydrogen-bond acceptors (Lipinski definition) is 5. The average molecular weight is 271 g/mol. The van der Waals surface area contributed by atoms with Crippen LogP contribution in [0.2, 0.25) is 0 Å². The number of aromatic nitrogens is 2. The van der Waals surface area contributed by atoms with Crippen LogP contribution in [0.15, 0.2) is 35.7 Å². The zero-order chi connectivity index (χ0) is 13.2. The summed E-state index contributed by atoms with van der Waals surface area (Å²) in [7, 11) is 3.52. The highest BCUT2D eigenvalue weighted by Crippen LogP contribution is 2.29. The highest BCUT2D eigenvalue weighted by molar-refractivity contribution is 7.16. The van der Waals surface area contributed by atoms with Gasteiger partial charge in [-0.1, -0.05) is 12.1 Å². The fraction of sp³-hybridized carbons (Fsp3) is 0.143. The summed E-state index contributed by atoms with van der Waals surface area (Å²) < 4.78 is 5.24. The number of rotatable bonds is 3. The number of nitrogens with one attached hydrogen (secondary N) is 1. The predicted molar refractivity (Wildman–Crippen MR) is 78.9 cm³/mol. The lowest BCUT2D eigenvalue weighted by Crippen LogP contribution is -1.97. The summed E-state index contributed by atoms with van der Waals surface area (Å²) in [6.45, 7) is 0. The molecule has 5 heteroatoms. The molecular formula is C14H13N3OS. The fourth-order valence-corrected chi connectivity index (χ4v) is 2.70. The molecule has 2 heterocycles. The molecule has 0 saturated carbocycles. The molecule has 2 aromatic heterocycles. The molecule has 0 radical (unpaired) electrons. The number of thiophene rings is 1. The van der Waals surface area contributed by atoms with Crippen molar-refractivity contribution in [2.45, 2.75) is 0 Å². The van der Waals surface area contributed by atoms with Gasteiger partial charge < -0.3 is 10.1 Å². The third-order valence-electron chi connectivity index (χ3n) is 2.89. The molecule has 96 valence electrons. The van der Waals surface area contributed by atoms with E-state index in [-0.39, 0.29) is 0 Å². The van der Waals surface area contributed by atoms with E-state index >= 15 is 0 Å². The topological polar surface area (TPSA) is 47.0 Å². The molecule has 0 aliphatic carbocycles. The predicted octanol–water partition coefficient (Wildman–Crippen LogP) is 3.41. The van der Waals surface area contributed by atoms with Gasteiger partial charge in [-0.15, -0.1) is 11.3 Å². The summed E-state index contributed by atoms with van der Waals surface area (Å²) in [6.07, 6.45) is 0. The number of fused-ring (bicyclic) bond motifs is 1. The van der Waals surface area contributed by atoms with Crippen LogP contribution in [-0.4, -0.2) is 24.1 Å². The van der Waals surface area contributed by atoms with Gasteiger partial charge in [0.2, 0.25) is 0 Å². The molecule has 0 spiro atoms. The average Bonchev–Trinajstić information content (AvgIpc) is 2.94. The molecule has 1 N–H and O–H groups in total. The Labute approximate surface area is 115 Å². The van der Waals surface area contributed by atoms with Gasteiger partial charge in [0.15, 0.2) is 5.82 Å². The molecule has 0 bridgehead atoms. The lowest BCUT2D eigenvalue weighted by atomic mass is 10.2. The monoisotopic (exact) mass is 271 g/mol. The van der Waals surface area contributed by atoms with Crippen molar-refractivity contribution in [3.05, 3.63) is 35.7 Å². The van der Waals surface area contributed by atoms with Crippen molar-refractivity contribution in [2.24, 2.45) is 0 Å². The Balaban J connectivity index is 2.18. The second kappa shape index (κ2) is 4.85. The molecule has 0 unspecified atom stereocenters. The van der Waals surface area contributed by atoms with Crippen LogP contribution in [-0.2, 0) is 0 Å². The molecule has 3 aromatic rings. The van der Waals surface area contributed by atoms with E-state index in [9.17, 15) is 0 Å². The molecule has 19 heavy (non-hydrogen) atoms. The van der Waals surface area contributed by atoms with Crippen molar-refractivity contribution in [1.29, 1.82) is 0 Å². The van der Waals surface area contributed by atoms with E-state index in [4.69, 9.17) is 4.74 Å². The maximum Gasteiger partial charge on any atom is 0.163 e. The Morgan fingerprint density at radius 3 is 2.89 bits per heavy atom. The van der Waals surface area contributed by atoms with Crippen LogP contribution in [0.5, 0.6) is 5.75 Å². The first-order chi connectivity index (χ1) is 9.31. The van der Waals surface area contributed by atoms with Gasteiger partial charge in [0, 0.05) is 12.6 Å². The summed E-state index contributed by atoms with van der Waals surface area (Å²) in [6, 6.07) is 9.80. The zero-order valence-electron chi connectivity index (χ0n) is 10.7. The fourth-order valence-electron chi connectivity index (χ4n) is 1.94. The first kappa shape index (κ1) is 11.9. The molecule has 0 aliphatic rings. The molecule has 0 saturated heterocycles. The SMILES string of the molecule is CNc1nc(-c2cccc(OC)c2)nc2sccc12. The maximum atomic E-state index is 5.24. The van der Waals surface area contributed by atoms with Crippen LogP contribution >= 0.6 is 11.3 Å². The summed E-state index contributed by atoms with van der Waals surface area (Å²) in [5, 5.41) is 6.20. The van der Waals surface area contributed by atoms with E-state index in [1.54, 1.807) is 18.4 Å². The number of nitrogens with zero attached hydrogens (tertiary/aromatic N) is 2. The number of methoxy groups -OCH3 is 1. The number of anilines is 1. The lowest BCUT2D eigenvalue weighted by Gasteiger charge is -2.06. The normalized spacial score (nSPS) is 10.6. The van der Waals surface area contributed by atoms with Crippen molar-refractivity contribution in [3.8, 4) is 17.1 Å². The maximum absolute atomic E-state index is 5.24. The highest BCUT2D eigenvalue weighted by atomic mass is 32.1. The van der Waals surface area contributed by atoms with E-state index in [1.165, 1.54) is 0 Å². The van der Waals surface area contributed by atoms with Gasteiger partial charge in [-0.2, -0.15) is 0 Å². The Bertz CT molecular complexity index is 724. The van der Waals surface area contributed by atoms with Gasteiger partial charge in [-0.05, 0) is 23.6 Å². The third kappa shape index (κ3) is 2.13. The van der Waals surface area contributed by atoms with Crippen molar-refractivity contribution in [1.82, 2.24) is 9.97 Å². The number of benzene rings is 1. The summed E-state index contributed by atoms with van der Waals surface area (Å²) >= 11 is 1.61. The number of hydrogen-bond donors (Lipinski definition) is 1. The third-order valence-corrected chi connectivity index (χ3v) is 3.70. The molecule has 0 atom stereocenters. The van der Waals surface area contributed by atoms with Crippen LogP contribution in [0, 0.1) is 0 Å². The van der Waals surface area contributed by atoms with Crippen molar-refractivity contribution in [2.75, 3.05) is 19.5 Å². The largest absolute Gasteiger partial charge is 0.497 e. The van der Waals surface area contributed by atoms with E-state index < -0.39 is 0 Å². The van der Waals surface area contributed by atoms with Crippen molar-refractivity contribution < 1.29 is 4.74 Å². The van der Waals surface area contributed by atoms with Crippen LogP contribution in [0.25, 0.3) is 21.6 Å². The molecule has 0 amide bonds. The first-order valence-electron chi connectivity index (χ1n) is 5.89. The summed E-state index contributed by atoms with van der Waals surface area (Å²) in [5.41, 5.74) is 0.950. The van der Waals surface area contributed by atoms with E-state index in [0.29, 0.717) is 5.82 Å². The molecule has 0 fully saturated rings. The van der Waals surface area contributed by atoms with Crippen LogP contribution < -0.4 is 10.1 Å². The quantitative estimate of drug-likeness (QED) is 0.793. The Morgan fingerprint density at radius 2 is 2.11 bits per heavy atom. The van der Waals surface area contributed by atoms with Crippen LogP contribution in [0.1, 0.15) is 0 Å². The van der Waals surface area contributed by atoms with Gasteiger partial charge in [0.1, 0.15) is 16.4 Å². The summed E-state index contributed by atoms with van der Waals surface area (Å²) in [5.74, 6) is 2.36. The zero-order valence-corrected chi connectivity index (χ0v) is 11.5. The lowest BCUT2D eigenvalue weighted by molar-refractivity contribution is 0.415. The van der Waals surface area contributed by atoms with Crippen molar-refractivity contribution in [3.63, 3.8) is 0 Å². The molecule has 1 aromatic carbocycles. The Hall–Kier alpha value is -2.14. The highest BCUT2D eigenvalue weighted by Gasteiger charge is 2.09. The standard InChI is InChI=1S/C14H13N3OS/c1-15-13-11-6-7-19-14(11)17-12(16-13)9-4-3-5-10(8-9)18-2/h3-8H,1-2H3,(H,15,16,17). The van der Waals surface area contributed by atoms with E-state index in [2.05, 4.69) is 15.3 Å². The van der Waals surface area contributed by atoms with Gasteiger partial charge in [-0.3, -0.25) is 0 Å². The Kier molecular flexibility index (Phi) is 3.05. The van der Waals surface area contributed by atoms with Crippen molar-refractivity contribution >= 4 is 27.4 Å². The molecule has 3 rings (SSSR count). The van der Waals surface area contributed by atoms with E-state index in [1.807, 2.05) is 42.8 Å². The number of ether oxygens (including phenoxy) is 1. The first-order valence-corrected chi connectivity index (χ1v) is 6.77. The Morgan fingerprint density at radius 1 is 1.21 bits per heavy atom. The molecular weight excluding hydrogens is 258 g/mol. The van der Waals surface area contributed by atoms with Gasteiger partial charge in [0.25, 0.3) is 0 Å².